The standard InChI is InChI=1S/C21H19N7O/c29-21(27-20-22-12-23-28-20)24-15-7-9-17-14(11-15)6-10-19(25-17)26-18-8-5-13-3-1-2-4-16(13)18/h1-4,6-7,9-12,18H,5,8H2,(H,25,26)(H3,22,23,24,27,28,29)/t18-/m1/s1. The first kappa shape index (κ1) is 17.2. The molecule has 144 valence electrons. The summed E-state index contributed by atoms with van der Waals surface area (Å²) in [7, 11) is 0. The number of fused-ring (bicyclic) bond motifs is 2. The number of rotatable bonds is 4. The van der Waals surface area contributed by atoms with Gasteiger partial charge in [0.05, 0.1) is 11.6 Å². The molecular formula is C21H19N7O. The van der Waals surface area contributed by atoms with E-state index in [0.29, 0.717) is 5.69 Å². The highest BCUT2D eigenvalue weighted by molar-refractivity contribution is 6.00. The predicted molar refractivity (Wildman–Crippen MR) is 112 cm³/mol. The molecule has 8 nitrogen and oxygen atoms in total. The third-order valence-corrected chi connectivity index (χ3v) is 5.05. The van der Waals surface area contributed by atoms with E-state index in [9.17, 15) is 4.79 Å². The number of amides is 2. The highest BCUT2D eigenvalue weighted by Crippen LogP contribution is 2.33. The molecular weight excluding hydrogens is 366 g/mol. The first-order chi connectivity index (χ1) is 14.2. The van der Waals surface area contributed by atoms with Crippen molar-refractivity contribution in [1.29, 1.82) is 0 Å². The number of pyridine rings is 1. The molecule has 0 saturated carbocycles. The van der Waals surface area contributed by atoms with Gasteiger partial charge in [-0.2, -0.15) is 10.1 Å². The van der Waals surface area contributed by atoms with Crippen molar-refractivity contribution >= 4 is 34.4 Å². The molecule has 2 aromatic heterocycles. The largest absolute Gasteiger partial charge is 0.363 e. The summed E-state index contributed by atoms with van der Waals surface area (Å²) < 4.78 is 0. The zero-order valence-corrected chi connectivity index (χ0v) is 15.5. The van der Waals surface area contributed by atoms with Crippen LogP contribution in [0.5, 0.6) is 0 Å². The van der Waals surface area contributed by atoms with E-state index in [1.165, 1.54) is 17.5 Å². The molecule has 2 amide bonds. The monoisotopic (exact) mass is 385 g/mol. The van der Waals surface area contributed by atoms with Crippen molar-refractivity contribution in [3.05, 3.63) is 72.1 Å². The van der Waals surface area contributed by atoms with Gasteiger partial charge in [0.2, 0.25) is 5.95 Å². The van der Waals surface area contributed by atoms with E-state index in [0.717, 1.165) is 29.6 Å². The summed E-state index contributed by atoms with van der Waals surface area (Å²) in [6, 6.07) is 18.0. The number of aromatic amines is 1. The molecule has 4 N–H and O–H groups in total. The van der Waals surface area contributed by atoms with E-state index in [2.05, 4.69) is 55.4 Å². The van der Waals surface area contributed by atoms with Crippen molar-refractivity contribution in [2.45, 2.75) is 18.9 Å². The molecule has 0 saturated heterocycles. The maximum atomic E-state index is 12.0. The second kappa shape index (κ2) is 7.23. The molecule has 0 spiro atoms. The van der Waals surface area contributed by atoms with E-state index in [4.69, 9.17) is 4.98 Å². The van der Waals surface area contributed by atoms with Gasteiger partial charge >= 0.3 is 6.03 Å². The number of hydrogen-bond donors (Lipinski definition) is 4. The van der Waals surface area contributed by atoms with Crippen LogP contribution in [0.25, 0.3) is 10.9 Å². The van der Waals surface area contributed by atoms with Crippen molar-refractivity contribution < 1.29 is 4.79 Å². The Hall–Kier alpha value is -3.94. The minimum Gasteiger partial charge on any atom is -0.363 e. The third kappa shape index (κ3) is 3.60. The van der Waals surface area contributed by atoms with Crippen LogP contribution in [0.15, 0.2) is 60.9 Å². The topological polar surface area (TPSA) is 108 Å². The summed E-state index contributed by atoms with van der Waals surface area (Å²) in [6.45, 7) is 0. The lowest BCUT2D eigenvalue weighted by Gasteiger charge is -2.15. The Morgan fingerprint density at radius 2 is 2.00 bits per heavy atom. The predicted octanol–water partition coefficient (Wildman–Crippen LogP) is 4.10. The van der Waals surface area contributed by atoms with Crippen molar-refractivity contribution in [1.82, 2.24) is 20.2 Å². The molecule has 4 aromatic rings. The van der Waals surface area contributed by atoms with Gasteiger partial charge in [-0.1, -0.05) is 24.3 Å². The maximum absolute atomic E-state index is 12.0. The zero-order chi connectivity index (χ0) is 19.6. The summed E-state index contributed by atoms with van der Waals surface area (Å²) in [5, 5.41) is 16.1. The van der Waals surface area contributed by atoms with Crippen molar-refractivity contribution in [2.75, 3.05) is 16.0 Å². The van der Waals surface area contributed by atoms with Crippen LogP contribution in [0.1, 0.15) is 23.6 Å². The number of nitrogens with zero attached hydrogens (tertiary/aromatic N) is 3. The number of nitrogens with one attached hydrogen (secondary N) is 4. The highest BCUT2D eigenvalue weighted by atomic mass is 16.2. The average Bonchev–Trinajstić information content (AvgIpc) is 3.38. The van der Waals surface area contributed by atoms with Gasteiger partial charge in [0.1, 0.15) is 12.1 Å². The molecule has 5 rings (SSSR count). The second-order valence-electron chi connectivity index (χ2n) is 6.95. The van der Waals surface area contributed by atoms with Crippen LogP contribution in [-0.2, 0) is 6.42 Å². The van der Waals surface area contributed by atoms with E-state index < -0.39 is 6.03 Å². The van der Waals surface area contributed by atoms with Gasteiger partial charge in [-0.15, -0.1) is 0 Å². The molecule has 8 heteroatoms. The molecule has 0 radical (unpaired) electrons. The van der Waals surface area contributed by atoms with Gasteiger partial charge < -0.3 is 10.6 Å². The van der Waals surface area contributed by atoms with Crippen LogP contribution < -0.4 is 16.0 Å². The molecule has 0 aliphatic heterocycles. The molecule has 1 aliphatic rings. The van der Waals surface area contributed by atoms with E-state index >= 15 is 0 Å². The SMILES string of the molecule is O=C(Nc1ccc2nc(N[C@@H]3CCc4ccccc43)ccc2c1)Nc1ncn[nH]1. The van der Waals surface area contributed by atoms with Crippen LogP contribution in [0.2, 0.25) is 0 Å². The number of aryl methyl sites for hydroxylation is 1. The van der Waals surface area contributed by atoms with Gasteiger partial charge in [0.15, 0.2) is 0 Å². The molecule has 0 unspecified atom stereocenters. The Morgan fingerprint density at radius 3 is 2.90 bits per heavy atom. The minimum atomic E-state index is -0.396. The lowest BCUT2D eigenvalue weighted by Crippen LogP contribution is -2.20. The molecule has 2 aromatic carbocycles. The van der Waals surface area contributed by atoms with Gasteiger partial charge in [-0.25, -0.2) is 14.9 Å². The third-order valence-electron chi connectivity index (χ3n) is 5.05. The van der Waals surface area contributed by atoms with E-state index in [1.54, 1.807) is 0 Å². The van der Waals surface area contributed by atoms with E-state index in [1.807, 2.05) is 30.3 Å². The summed E-state index contributed by atoms with van der Waals surface area (Å²) >= 11 is 0. The Bertz CT molecular complexity index is 1170. The fourth-order valence-corrected chi connectivity index (χ4v) is 3.70. The molecule has 29 heavy (non-hydrogen) atoms. The number of carbonyl (C=O) groups is 1. The number of hydrogen-bond acceptors (Lipinski definition) is 5. The van der Waals surface area contributed by atoms with Crippen LogP contribution in [-0.4, -0.2) is 26.2 Å². The summed E-state index contributed by atoms with van der Waals surface area (Å²) in [5.41, 5.74) is 4.29. The lowest BCUT2D eigenvalue weighted by atomic mass is 10.1. The zero-order valence-electron chi connectivity index (χ0n) is 15.5. The number of benzene rings is 2. The smallest absolute Gasteiger partial charge is 0.326 e. The normalized spacial score (nSPS) is 15.1. The van der Waals surface area contributed by atoms with Crippen molar-refractivity contribution in [3.63, 3.8) is 0 Å². The number of urea groups is 1. The Balaban J connectivity index is 1.30. The van der Waals surface area contributed by atoms with Crippen LogP contribution in [0.3, 0.4) is 0 Å². The number of aromatic nitrogens is 4. The minimum absolute atomic E-state index is 0.286. The Kier molecular flexibility index (Phi) is 4.28. The molecule has 0 fully saturated rings. The first-order valence-electron chi connectivity index (χ1n) is 9.43. The second-order valence-corrected chi connectivity index (χ2v) is 6.95. The maximum Gasteiger partial charge on any atom is 0.326 e. The fourth-order valence-electron chi connectivity index (χ4n) is 3.70. The summed E-state index contributed by atoms with van der Waals surface area (Å²) in [4.78, 5) is 20.6. The summed E-state index contributed by atoms with van der Waals surface area (Å²) in [5.74, 6) is 1.14. The number of carbonyl (C=O) groups excluding carboxylic acids is 1. The molecule has 1 atom stereocenters. The van der Waals surface area contributed by atoms with Crippen LogP contribution in [0, 0.1) is 0 Å². The average molecular weight is 385 g/mol. The molecule has 2 heterocycles. The molecule has 1 aliphatic carbocycles. The first-order valence-corrected chi connectivity index (χ1v) is 9.43. The van der Waals surface area contributed by atoms with Crippen molar-refractivity contribution in [3.8, 4) is 0 Å². The van der Waals surface area contributed by atoms with Gasteiger partial charge in [-0.05, 0) is 54.3 Å². The van der Waals surface area contributed by atoms with Crippen LogP contribution in [0.4, 0.5) is 22.2 Å². The van der Waals surface area contributed by atoms with Gasteiger partial charge in [0, 0.05) is 11.1 Å². The Labute approximate surface area is 166 Å². The Morgan fingerprint density at radius 1 is 1.07 bits per heavy atom. The summed E-state index contributed by atoms with van der Waals surface area (Å²) in [6.07, 6.45) is 3.49. The fraction of sp³-hybridized carbons (Fsp3) is 0.143. The van der Waals surface area contributed by atoms with E-state index in [-0.39, 0.29) is 12.0 Å². The lowest BCUT2D eigenvalue weighted by molar-refractivity contribution is 0.262. The highest BCUT2D eigenvalue weighted by Gasteiger charge is 2.21. The van der Waals surface area contributed by atoms with Crippen LogP contribution >= 0.6 is 0 Å². The number of H-pyrrole nitrogens is 1. The quantitative estimate of drug-likeness (QED) is 0.423. The van der Waals surface area contributed by atoms with Gasteiger partial charge in [-0.3, -0.25) is 5.32 Å². The van der Waals surface area contributed by atoms with Crippen molar-refractivity contribution in [2.24, 2.45) is 0 Å². The van der Waals surface area contributed by atoms with Gasteiger partial charge in [0.25, 0.3) is 0 Å². The molecule has 0 bridgehead atoms. The number of anilines is 3.